The van der Waals surface area contributed by atoms with E-state index in [2.05, 4.69) is 86.6 Å². The third-order valence-corrected chi connectivity index (χ3v) is 7.50. The van der Waals surface area contributed by atoms with Gasteiger partial charge >= 0.3 is 0 Å². The number of benzene rings is 2. The van der Waals surface area contributed by atoms with Gasteiger partial charge in [-0.05, 0) is 58.6 Å². The molecule has 1 fully saturated rings. The zero-order valence-electron chi connectivity index (χ0n) is 23.0. The van der Waals surface area contributed by atoms with E-state index in [1.54, 1.807) is 0 Å². The number of hydrogen-bond donors (Lipinski definition) is 1. The first-order chi connectivity index (χ1) is 14.8. The molecule has 2 aromatic rings. The Bertz CT molecular complexity index is 922. The van der Waals surface area contributed by atoms with Crippen molar-refractivity contribution in [2.24, 2.45) is 11.8 Å². The van der Waals surface area contributed by atoms with Crippen molar-refractivity contribution in [2.75, 3.05) is 0 Å². The van der Waals surface area contributed by atoms with Gasteiger partial charge in [-0.25, -0.2) is 0 Å². The summed E-state index contributed by atoms with van der Waals surface area (Å²) in [4.78, 5) is 0. The van der Waals surface area contributed by atoms with Crippen molar-refractivity contribution >= 4 is 0 Å². The molecular formula is C31H44OWY-2. The molecule has 0 aromatic heterocycles. The van der Waals surface area contributed by atoms with Crippen LogP contribution in [0.5, 0.6) is 5.75 Å². The molecule has 0 bridgehead atoms. The van der Waals surface area contributed by atoms with Gasteiger partial charge in [-0.2, -0.15) is 0 Å². The second kappa shape index (κ2) is 12.5. The van der Waals surface area contributed by atoms with Gasteiger partial charge in [0.25, 0.3) is 0 Å². The smallest absolute Gasteiger partial charge is 0.123 e. The van der Waals surface area contributed by atoms with Crippen LogP contribution >= 0.6 is 0 Å². The van der Waals surface area contributed by atoms with Crippen LogP contribution in [0.3, 0.4) is 0 Å². The maximum Gasteiger partial charge on any atom is 0.123 e. The van der Waals surface area contributed by atoms with Gasteiger partial charge in [0.1, 0.15) is 5.75 Å². The van der Waals surface area contributed by atoms with Crippen molar-refractivity contribution in [1.29, 1.82) is 0 Å². The van der Waals surface area contributed by atoms with Gasteiger partial charge in [-0.3, -0.25) is 22.3 Å². The average molecular weight is 705 g/mol. The molecule has 2 aromatic carbocycles. The van der Waals surface area contributed by atoms with Crippen LogP contribution in [-0.4, -0.2) is 5.11 Å². The first-order valence-electron chi connectivity index (χ1n) is 12.5. The predicted octanol–water partition coefficient (Wildman–Crippen LogP) is 8.10. The van der Waals surface area contributed by atoms with Crippen LogP contribution in [0.2, 0.25) is 0 Å². The molecule has 1 aliphatic carbocycles. The number of rotatable bonds is 4. The van der Waals surface area contributed by atoms with E-state index < -0.39 is 0 Å². The maximum atomic E-state index is 11.0. The second-order valence-electron chi connectivity index (χ2n) is 12.4. The standard InChI is InChI=1S/C31H44O.W.Y/c1-20-14-22(3)26(15-21(20)2)17-24-12-10-23(11-13-24)16-25-18-27(30(4,5)6)29(32)28(19-25)31(7,8)9;;/h18-19,23-24,32H,10-13,16-17H2,1-9H3;;/q-2;;. The minimum atomic E-state index is -0.0602. The van der Waals surface area contributed by atoms with Crippen LogP contribution in [-0.2, 0) is 77.4 Å². The summed E-state index contributed by atoms with van der Waals surface area (Å²) < 4.78 is 0. The molecule has 1 saturated carbocycles. The Hall–Kier alpha value is 0.0322. The van der Waals surface area contributed by atoms with Gasteiger partial charge in [-0.15, -0.1) is 20.8 Å². The average Bonchev–Trinajstić information content (AvgIpc) is 2.67. The number of aromatic hydroxyl groups is 1. The fourth-order valence-corrected chi connectivity index (χ4v) is 5.29. The molecule has 3 rings (SSSR count). The monoisotopic (exact) mass is 705 g/mol. The van der Waals surface area contributed by atoms with Crippen molar-refractivity contribution in [2.45, 2.75) is 112 Å². The molecule has 1 aliphatic rings. The molecule has 185 valence electrons. The molecule has 0 aliphatic heterocycles. The van der Waals surface area contributed by atoms with Gasteiger partial charge < -0.3 is 17.2 Å². The quantitative estimate of drug-likeness (QED) is 0.319. The summed E-state index contributed by atoms with van der Waals surface area (Å²) in [7, 11) is 0. The molecule has 0 atom stereocenters. The van der Waals surface area contributed by atoms with Crippen molar-refractivity contribution < 1.29 is 58.9 Å². The van der Waals surface area contributed by atoms with E-state index in [9.17, 15) is 5.11 Å². The fourth-order valence-electron chi connectivity index (χ4n) is 5.29. The van der Waals surface area contributed by atoms with E-state index in [-0.39, 0.29) is 64.6 Å². The second-order valence-corrected chi connectivity index (χ2v) is 12.4. The SMILES string of the molecule is Cc1[c-]c(C)c(CC2CCC(Cc3cc(C(C)(C)C)c(O)c(C(C)(C)C)c3)CC2)[c-]c1C.[W].[Y]. The van der Waals surface area contributed by atoms with Gasteiger partial charge in [0.15, 0.2) is 0 Å². The van der Waals surface area contributed by atoms with Crippen LogP contribution in [0.25, 0.3) is 0 Å². The zero-order valence-corrected chi connectivity index (χ0v) is 28.8. The largest absolute Gasteiger partial charge is 0.507 e. The van der Waals surface area contributed by atoms with Gasteiger partial charge in [0.2, 0.25) is 0 Å². The Kier molecular flexibility index (Phi) is 11.8. The van der Waals surface area contributed by atoms with Crippen LogP contribution < -0.4 is 0 Å². The molecule has 1 nitrogen and oxygen atoms in total. The fraction of sp³-hybridized carbons (Fsp3) is 0.613. The summed E-state index contributed by atoms with van der Waals surface area (Å²) in [6.07, 6.45) is 7.49. The normalized spacial score (nSPS) is 18.7. The van der Waals surface area contributed by atoms with Crippen LogP contribution in [0, 0.1) is 44.7 Å². The Morgan fingerprint density at radius 3 is 1.59 bits per heavy atom. The maximum absolute atomic E-state index is 11.0. The van der Waals surface area contributed by atoms with E-state index >= 15 is 0 Å². The van der Waals surface area contributed by atoms with Crippen molar-refractivity contribution in [3.63, 3.8) is 0 Å². The van der Waals surface area contributed by atoms with Crippen LogP contribution in [0.15, 0.2) is 12.1 Å². The molecule has 0 amide bonds. The summed E-state index contributed by atoms with van der Waals surface area (Å²) >= 11 is 0. The first-order valence-corrected chi connectivity index (χ1v) is 12.5. The third-order valence-electron chi connectivity index (χ3n) is 7.50. The predicted molar refractivity (Wildman–Crippen MR) is 137 cm³/mol. The zero-order chi connectivity index (χ0) is 23.8. The summed E-state index contributed by atoms with van der Waals surface area (Å²) in [5.74, 6) is 2.01. The molecule has 0 saturated heterocycles. The van der Waals surface area contributed by atoms with Gasteiger partial charge in [0.05, 0.1) is 0 Å². The molecule has 34 heavy (non-hydrogen) atoms. The van der Waals surface area contributed by atoms with E-state index in [4.69, 9.17) is 0 Å². The summed E-state index contributed by atoms with van der Waals surface area (Å²) in [6.45, 7) is 19.7. The van der Waals surface area contributed by atoms with Crippen LogP contribution in [0.4, 0.5) is 0 Å². The molecule has 0 unspecified atom stereocenters. The van der Waals surface area contributed by atoms with Gasteiger partial charge in [-0.1, -0.05) is 72.9 Å². The van der Waals surface area contributed by atoms with Crippen molar-refractivity contribution in [3.8, 4) is 5.75 Å². The van der Waals surface area contributed by atoms with E-state index in [0.29, 0.717) is 5.75 Å². The number of phenols is 1. The number of phenolic OH excluding ortho intramolecular Hbond substituents is 1. The van der Waals surface area contributed by atoms with Crippen LogP contribution in [0.1, 0.15) is 106 Å². The first kappa shape index (κ1) is 32.1. The molecule has 1 radical (unpaired) electrons. The molecule has 1 N–H and O–H groups in total. The molecule has 0 spiro atoms. The summed E-state index contributed by atoms with van der Waals surface area (Å²) in [5.41, 5.74) is 8.59. The van der Waals surface area contributed by atoms with Crippen molar-refractivity contribution in [1.82, 2.24) is 0 Å². The minimum Gasteiger partial charge on any atom is -0.507 e. The molecule has 3 heteroatoms. The van der Waals surface area contributed by atoms with Gasteiger partial charge in [0, 0.05) is 53.8 Å². The Balaban J connectivity index is 0.00000289. The van der Waals surface area contributed by atoms with E-state index in [0.717, 1.165) is 35.8 Å². The Morgan fingerprint density at radius 1 is 0.735 bits per heavy atom. The number of hydrogen-bond acceptors (Lipinski definition) is 1. The summed E-state index contributed by atoms with van der Waals surface area (Å²) in [5, 5.41) is 11.0. The summed E-state index contributed by atoms with van der Waals surface area (Å²) in [6, 6.07) is 11.7. The molecular weight excluding hydrogens is 661 g/mol. The number of aryl methyl sites for hydroxylation is 3. The molecule has 0 heterocycles. The third kappa shape index (κ3) is 8.02. The topological polar surface area (TPSA) is 20.2 Å². The van der Waals surface area contributed by atoms with E-state index in [1.165, 1.54) is 53.5 Å². The minimum absolute atomic E-state index is 0. The Labute approximate surface area is 249 Å². The van der Waals surface area contributed by atoms with E-state index in [1.807, 2.05) is 0 Å². The Morgan fingerprint density at radius 2 is 1.15 bits per heavy atom. The van der Waals surface area contributed by atoms with Crippen molar-refractivity contribution in [3.05, 3.63) is 63.2 Å².